The van der Waals surface area contributed by atoms with E-state index in [1.807, 2.05) is 6.92 Å². The largest absolute Gasteiger partial charge is 0.508 e. The number of nitrogens with zero attached hydrogens (tertiary/aromatic N) is 5. The van der Waals surface area contributed by atoms with Gasteiger partial charge in [-0.2, -0.15) is 0 Å². The molecule has 1 aromatic heterocycles. The minimum atomic E-state index is -1.89. The van der Waals surface area contributed by atoms with E-state index in [1.54, 1.807) is 135 Å². The Balaban J connectivity index is 1.03. The van der Waals surface area contributed by atoms with Crippen molar-refractivity contribution in [3.8, 4) is 11.5 Å². The zero-order valence-corrected chi connectivity index (χ0v) is 75.3. The molecular weight excluding hydrogens is 1710 g/mol. The molecule has 15 N–H and O–H groups in total. The molecule has 1 saturated carbocycles. The fourth-order valence-electron chi connectivity index (χ4n) is 16.1. The third-order valence-electron chi connectivity index (χ3n) is 23.3. The first-order valence-electron chi connectivity index (χ1n) is 43.0. The van der Waals surface area contributed by atoms with Gasteiger partial charge in [0.1, 0.15) is 83.5 Å². The van der Waals surface area contributed by atoms with Crippen LogP contribution in [0.4, 0.5) is 0 Å². The number of benzene rings is 6. The highest BCUT2D eigenvalue weighted by Crippen LogP contribution is 2.55. The molecular formula is C93H114N16O19S2. The summed E-state index contributed by atoms with van der Waals surface area (Å²) >= 11 is 2.01. The average molecular weight is 1820 g/mol. The minimum absolute atomic E-state index is 0.0333. The number of H-pyrrole nitrogens is 1. The topological polar surface area (TPSA) is 500 Å². The number of phenols is 2. The molecule has 130 heavy (non-hydrogen) atoms. The molecule has 0 radical (unpaired) electrons. The van der Waals surface area contributed by atoms with Gasteiger partial charge in [0.2, 0.25) is 88.6 Å². The summed E-state index contributed by atoms with van der Waals surface area (Å²) in [5.74, 6) is -17.2. The van der Waals surface area contributed by atoms with Crippen molar-refractivity contribution in [2.45, 2.75) is 176 Å². The highest BCUT2D eigenvalue weighted by Gasteiger charge is 2.65. The number of carbonyl (C=O) groups excluding carboxylic acids is 15. The van der Waals surface area contributed by atoms with Gasteiger partial charge in [-0.15, -0.1) is 23.5 Å². The molecule has 2 aliphatic heterocycles. The van der Waals surface area contributed by atoms with Crippen LogP contribution in [0.5, 0.6) is 11.5 Å². The first kappa shape index (κ1) is 98.9. The molecule has 1 spiro atoms. The van der Waals surface area contributed by atoms with E-state index in [4.69, 9.17) is 5.73 Å². The fourth-order valence-corrected chi connectivity index (χ4v) is 18.1. The van der Waals surface area contributed by atoms with Crippen molar-refractivity contribution < 1.29 is 92.0 Å². The highest BCUT2D eigenvalue weighted by molar-refractivity contribution is 8.00. The summed E-state index contributed by atoms with van der Waals surface area (Å²) in [4.78, 5) is 245. The van der Waals surface area contributed by atoms with Crippen LogP contribution in [-0.4, -0.2) is 276 Å². The third kappa shape index (κ3) is 26.5. The second kappa shape index (κ2) is 46.1. The molecule has 3 fully saturated rings. The number of carbonyl (C=O) groups is 16. The number of hydrogen-bond donors (Lipinski definition) is 14. The number of rotatable bonds is 21. The zero-order chi connectivity index (χ0) is 94.2. The van der Waals surface area contributed by atoms with Gasteiger partial charge in [0.05, 0.1) is 31.1 Å². The number of nitrogens with two attached hydrogens (primary N) is 1. The molecule has 35 nitrogen and oxygen atoms in total. The molecule has 3 aliphatic rings. The number of likely N-dealkylation sites (N-methyl/N-ethyl adjacent to an activating group) is 4. The Morgan fingerprint density at radius 3 is 1.65 bits per heavy atom. The highest BCUT2D eigenvalue weighted by atomic mass is 32.2. The molecule has 0 bridgehead atoms. The Labute approximate surface area is 761 Å². The van der Waals surface area contributed by atoms with Crippen LogP contribution in [0.25, 0.3) is 10.9 Å². The summed E-state index contributed by atoms with van der Waals surface area (Å²) in [5, 5.41) is 55.9. The van der Waals surface area contributed by atoms with E-state index < -0.39 is 198 Å². The Bertz CT molecular complexity index is 5230. The van der Waals surface area contributed by atoms with Gasteiger partial charge in [0.15, 0.2) is 0 Å². The summed E-state index contributed by atoms with van der Waals surface area (Å²) in [6, 6.07) is 27.9. The van der Waals surface area contributed by atoms with Gasteiger partial charge >= 0.3 is 5.97 Å². The number of carboxylic acids is 1. The van der Waals surface area contributed by atoms with Crippen LogP contribution in [0, 0.1) is 5.92 Å². The molecule has 7 aromatic rings. The smallest absolute Gasteiger partial charge is 0.305 e. The van der Waals surface area contributed by atoms with Crippen LogP contribution in [0.2, 0.25) is 0 Å². The lowest BCUT2D eigenvalue weighted by atomic mass is 9.99. The van der Waals surface area contributed by atoms with Gasteiger partial charge < -0.3 is 98.4 Å². The summed E-state index contributed by atoms with van der Waals surface area (Å²) < 4.78 is 0. The van der Waals surface area contributed by atoms with E-state index in [1.165, 1.54) is 110 Å². The van der Waals surface area contributed by atoms with Crippen molar-refractivity contribution in [1.82, 2.24) is 77.3 Å². The number of hydrogen-bond acceptors (Lipinski definition) is 20. The van der Waals surface area contributed by atoms with Crippen molar-refractivity contribution in [3.63, 3.8) is 0 Å². The summed E-state index contributed by atoms with van der Waals surface area (Å²) in [6.45, 7) is 5.15. The average Bonchev–Trinajstić information content (AvgIpc) is 1.55. The van der Waals surface area contributed by atoms with E-state index in [-0.39, 0.29) is 86.2 Å². The van der Waals surface area contributed by atoms with Crippen molar-refractivity contribution in [1.29, 1.82) is 0 Å². The van der Waals surface area contributed by atoms with E-state index in [0.717, 1.165) is 21.6 Å². The van der Waals surface area contributed by atoms with Crippen LogP contribution >= 0.6 is 23.5 Å². The van der Waals surface area contributed by atoms with E-state index >= 15 is 43.2 Å². The maximum atomic E-state index is 15.8. The van der Waals surface area contributed by atoms with Gasteiger partial charge in [-0.25, -0.2) is 0 Å². The number of amides is 15. The maximum Gasteiger partial charge on any atom is 0.305 e. The van der Waals surface area contributed by atoms with Crippen LogP contribution in [-0.2, 0) is 109 Å². The van der Waals surface area contributed by atoms with Crippen molar-refractivity contribution >= 4 is 129 Å². The molecule has 13 atom stereocenters. The predicted octanol–water partition coefficient (Wildman–Crippen LogP) is 2.45. The number of primary amides is 1. The van der Waals surface area contributed by atoms with Crippen LogP contribution in [0.3, 0.4) is 0 Å². The Morgan fingerprint density at radius 2 is 1.05 bits per heavy atom. The number of aromatic amines is 1. The van der Waals surface area contributed by atoms with Crippen molar-refractivity contribution in [2.24, 2.45) is 11.7 Å². The molecule has 1 aliphatic carbocycles. The molecule has 6 aromatic carbocycles. The van der Waals surface area contributed by atoms with Gasteiger partial charge in [-0.05, 0) is 95.8 Å². The predicted molar refractivity (Wildman–Crippen MR) is 486 cm³/mol. The molecule has 2 saturated heterocycles. The first-order chi connectivity index (χ1) is 62.0. The van der Waals surface area contributed by atoms with Gasteiger partial charge in [-0.3, -0.25) is 76.7 Å². The number of fused-ring (bicyclic) bond motifs is 2. The number of aliphatic carboxylic acids is 1. The fraction of sp³-hybridized carbons (Fsp3) is 0.419. The SMILES string of the molecule is CCCC[C@H]1C(=O)N(C)CC(=O)N[C@@H](CC(=O)O)C(=O)N[C@@H](C)C(=O)N(C)[C@@]2(C[C@H]2c2ccccc2)C(=O)N[C@@H](Cc2ccc(O)cc2)C(=O)N2CSC[C@@H]2C(=O)N[C@@H](Cc2c[nH]c3ccccc23)C(=O)N[C@@H](Cc2ccc(O)cc2)C(=O)N[C@@H](CC(C)C)C(=O)N[C@H](C(=O)NCC(N)=O)CSCC(=O)N[C@@H](Cc2ccccc2)C(=O)N(C)[C@@H](Cc2ccccc2)C(=O)N1C. The molecule has 3 heterocycles. The lowest BCUT2D eigenvalue weighted by Gasteiger charge is -2.37. The number of nitrogens with one attached hydrogen (secondary N) is 10. The van der Waals surface area contributed by atoms with Crippen molar-refractivity contribution in [2.75, 3.05) is 64.4 Å². The molecule has 37 heteroatoms. The minimum Gasteiger partial charge on any atom is -0.508 e. The summed E-state index contributed by atoms with van der Waals surface area (Å²) in [5.41, 5.74) is 7.44. The number of unbranched alkanes of at least 4 members (excludes halogenated alkanes) is 1. The number of para-hydroxylation sites is 1. The second-order valence-corrected chi connectivity index (χ2v) is 35.5. The maximum absolute atomic E-state index is 15.8. The molecule has 0 unspecified atom stereocenters. The number of aromatic nitrogens is 1. The van der Waals surface area contributed by atoms with Crippen molar-refractivity contribution in [3.05, 3.63) is 203 Å². The quantitative estimate of drug-likeness (QED) is 0.0491. The number of phenolic OH excluding ortho intramolecular Hbond substituents is 2. The van der Waals surface area contributed by atoms with E-state index in [2.05, 4.69) is 52.8 Å². The van der Waals surface area contributed by atoms with Crippen LogP contribution in [0.1, 0.15) is 106 Å². The number of aromatic hydroxyl groups is 2. The third-order valence-corrected chi connectivity index (χ3v) is 25.4. The van der Waals surface area contributed by atoms with Crippen LogP contribution < -0.4 is 53.6 Å². The zero-order valence-electron chi connectivity index (χ0n) is 73.7. The van der Waals surface area contributed by atoms with Crippen LogP contribution in [0.15, 0.2) is 170 Å². The summed E-state index contributed by atoms with van der Waals surface area (Å²) in [7, 11) is 5.32. The monoisotopic (exact) mass is 1820 g/mol. The Kier molecular flexibility index (Phi) is 35.0. The normalized spacial score (nSPS) is 24.3. The standard InChI is InChI=1S/C93H114N16O19S2/c1-9-10-30-74-90(126)105(5)49-78(113)98-70(45-80(115)116)82(118)97-55(4)87(123)108(8)93(46-65(93)60-26-18-13-19-27-60)92(128)104-72(42-59-33-37-63(111)38-34-59)89(125)109-53-130-51-76(109)86(122)102-69(44-61-47-95-66-29-21-20-28-64(61)66)85(121)101-68(40-58-31-35-62(110)36-32-58)84(120)100-67(39-54(2)3)83(119)103-73(81(117)96-48-77(94)112)50-129-52-79(114)99-71(41-56-22-14-11-15-23-56)88(124)107(7)75(91(127)106(74)6)43-57-24-16-12-17-25-57/h11-29,31-38,47,54-55,65,67-76,95,110-111H,9-10,30,39-46,48-53H2,1-8H3,(H2,94,112)(H,96,117)(H,97,118)(H,98,113)(H,99,114)(H,100,120)(H,101,121)(H,102,122)(H,103,119)(H,104,128)(H,115,116)/t55-,65-,67-,68-,69-,70-,71-,72-,73-,74-,75-,76+,93+/m0/s1. The molecule has 692 valence electrons. The first-order valence-corrected chi connectivity index (χ1v) is 45.3. The number of thioether (sulfide) groups is 2. The lowest BCUT2D eigenvalue weighted by Crippen LogP contribution is -2.62. The van der Waals surface area contributed by atoms with E-state index in [9.17, 15) is 48.9 Å². The van der Waals surface area contributed by atoms with Gasteiger partial charge in [0, 0.05) is 94.8 Å². The Hall–Kier alpha value is -13.3. The van der Waals surface area contributed by atoms with Gasteiger partial charge in [0.25, 0.3) is 0 Å². The molecule has 10 rings (SSSR count). The van der Waals surface area contributed by atoms with E-state index in [0.29, 0.717) is 57.1 Å². The lowest BCUT2D eigenvalue weighted by molar-refractivity contribution is -0.151. The molecule has 15 amide bonds. The summed E-state index contributed by atoms with van der Waals surface area (Å²) in [6.07, 6.45) is 0.355. The van der Waals surface area contributed by atoms with Gasteiger partial charge in [-0.1, -0.05) is 167 Å². The number of carboxylic acid groups (broad SMARTS) is 1. The Morgan fingerprint density at radius 1 is 0.531 bits per heavy atom. The second-order valence-electron chi connectivity index (χ2n) is 33.4.